The number of nitrogens with zero attached hydrogens (tertiary/aromatic N) is 1. The number of carbonyl (C=O) groups is 1. The Balaban J connectivity index is 1.05. The number of aliphatic hydroxyl groups excluding tert-OH is 1. The highest BCUT2D eigenvalue weighted by Crippen LogP contribution is 2.48. The third-order valence-corrected chi connectivity index (χ3v) is 16.5. The van der Waals surface area contributed by atoms with Crippen LogP contribution in [0.4, 0.5) is 0 Å². The summed E-state index contributed by atoms with van der Waals surface area (Å²) in [6.07, 6.45) is 11.4. The molecule has 0 aromatic rings. The van der Waals surface area contributed by atoms with Crippen LogP contribution in [0.1, 0.15) is 120 Å². The number of rotatable bonds is 9. The molecule has 0 amide bonds. The van der Waals surface area contributed by atoms with Crippen LogP contribution in [0.3, 0.4) is 0 Å². The second kappa shape index (κ2) is 21.1. The van der Waals surface area contributed by atoms with Crippen LogP contribution in [0.15, 0.2) is 47.1 Å². The fourth-order valence-corrected chi connectivity index (χ4v) is 12.5. The van der Waals surface area contributed by atoms with Crippen molar-refractivity contribution >= 4 is 5.97 Å². The summed E-state index contributed by atoms with van der Waals surface area (Å²) in [5.41, 5.74) is 0.251. The number of carbonyl (C=O) groups excluding carboxylic acids is 1. The highest BCUT2D eigenvalue weighted by molar-refractivity contribution is 5.78. The Bertz CT molecular complexity index is 1790. The molecule has 0 radical (unpaired) electrons. The summed E-state index contributed by atoms with van der Waals surface area (Å²) in [4.78, 5) is 16.9. The van der Waals surface area contributed by atoms with Gasteiger partial charge in [-0.1, -0.05) is 64.5 Å². The van der Waals surface area contributed by atoms with Crippen molar-refractivity contribution in [1.29, 1.82) is 0 Å². The molecule has 8 rings (SSSR count). The van der Waals surface area contributed by atoms with E-state index in [9.17, 15) is 15.0 Å². The summed E-state index contributed by atoms with van der Waals surface area (Å²) in [5, 5.41) is 23.8. The van der Waals surface area contributed by atoms with Crippen molar-refractivity contribution in [3.8, 4) is 0 Å². The lowest BCUT2D eigenvalue weighted by molar-refractivity contribution is -0.340. The smallest absolute Gasteiger partial charge is 0.316 e. The normalized spacial score (nSPS) is 48.6. The first-order chi connectivity index (χ1) is 31.6. The average molecular weight is 928 g/mol. The van der Waals surface area contributed by atoms with Crippen molar-refractivity contribution < 1.29 is 62.4 Å². The summed E-state index contributed by atoms with van der Waals surface area (Å²) >= 11 is 0. The van der Waals surface area contributed by atoms with Gasteiger partial charge in [0.05, 0.1) is 55.4 Å². The quantitative estimate of drug-likeness (QED) is 0.186. The molecule has 6 fully saturated rings. The molecule has 0 aromatic carbocycles. The zero-order valence-electron chi connectivity index (χ0n) is 41.3. The lowest BCUT2D eigenvalue weighted by Gasteiger charge is -2.51. The molecule has 14 nitrogen and oxygen atoms in total. The molecular weight excluding hydrogens is 847 g/mol. The Morgan fingerprint density at radius 2 is 1.64 bits per heavy atom. The van der Waals surface area contributed by atoms with Gasteiger partial charge < -0.3 is 57.6 Å². The molecule has 14 heteroatoms. The Hall–Kier alpha value is -2.05. The van der Waals surface area contributed by atoms with E-state index >= 15 is 0 Å². The third-order valence-electron chi connectivity index (χ3n) is 16.5. The number of likely N-dealkylation sites (tertiary alicyclic amines) is 1. The van der Waals surface area contributed by atoms with Gasteiger partial charge in [-0.15, -0.1) is 0 Å². The van der Waals surface area contributed by atoms with Gasteiger partial charge >= 0.3 is 5.97 Å². The first kappa shape index (κ1) is 50.3. The van der Waals surface area contributed by atoms with Gasteiger partial charge in [0.15, 0.2) is 18.4 Å². The molecule has 2 N–H and O–H groups in total. The van der Waals surface area contributed by atoms with E-state index in [1.54, 1.807) is 27.2 Å². The summed E-state index contributed by atoms with van der Waals surface area (Å²) in [6, 6.07) is 0.188. The largest absolute Gasteiger partial charge is 0.462 e. The van der Waals surface area contributed by atoms with Crippen LogP contribution in [0, 0.1) is 23.7 Å². The Morgan fingerprint density at radius 1 is 0.924 bits per heavy atom. The summed E-state index contributed by atoms with van der Waals surface area (Å²) in [6.45, 7) is 18.9. The summed E-state index contributed by atoms with van der Waals surface area (Å²) in [7, 11) is 3.49. The number of fused-ring (bicyclic) bond motifs is 2. The number of hydrogen-bond donors (Lipinski definition) is 2. The van der Waals surface area contributed by atoms with Gasteiger partial charge in [0.1, 0.15) is 35.9 Å². The van der Waals surface area contributed by atoms with Gasteiger partial charge in [0.2, 0.25) is 0 Å². The van der Waals surface area contributed by atoms with Gasteiger partial charge in [0.25, 0.3) is 0 Å². The zero-order chi connectivity index (χ0) is 47.1. The average Bonchev–Trinajstić information content (AvgIpc) is 3.95. The van der Waals surface area contributed by atoms with Crippen molar-refractivity contribution in [2.24, 2.45) is 23.7 Å². The van der Waals surface area contributed by atoms with Crippen molar-refractivity contribution in [3.63, 3.8) is 0 Å². The van der Waals surface area contributed by atoms with Gasteiger partial charge in [-0.25, -0.2) is 0 Å². The van der Waals surface area contributed by atoms with E-state index in [2.05, 4.69) is 52.5 Å². The third kappa shape index (κ3) is 10.2. The van der Waals surface area contributed by atoms with E-state index in [1.165, 1.54) is 12.8 Å². The van der Waals surface area contributed by atoms with Crippen LogP contribution in [0.25, 0.3) is 0 Å². The predicted molar refractivity (Wildman–Crippen MR) is 246 cm³/mol. The highest BCUT2D eigenvalue weighted by atomic mass is 16.7. The maximum atomic E-state index is 14.4. The second-order valence-corrected chi connectivity index (χ2v) is 21.1. The molecule has 2 bridgehead atoms. The van der Waals surface area contributed by atoms with Gasteiger partial charge in [-0.3, -0.25) is 9.69 Å². The maximum absolute atomic E-state index is 14.4. The first-order valence-corrected chi connectivity index (χ1v) is 25.3. The molecule has 0 saturated carbocycles. The minimum Gasteiger partial charge on any atom is -0.462 e. The van der Waals surface area contributed by atoms with Gasteiger partial charge in [-0.2, -0.15) is 0 Å². The number of methoxy groups -OCH3 is 2. The minimum atomic E-state index is -1.81. The van der Waals surface area contributed by atoms with Crippen molar-refractivity contribution in [1.82, 2.24) is 4.90 Å². The van der Waals surface area contributed by atoms with E-state index in [4.69, 9.17) is 47.4 Å². The fraction of sp³-hybridized carbons (Fsp3) is 0.827. The molecule has 372 valence electrons. The second-order valence-electron chi connectivity index (χ2n) is 21.1. The van der Waals surface area contributed by atoms with E-state index in [-0.39, 0.29) is 55.2 Å². The van der Waals surface area contributed by atoms with E-state index in [1.807, 2.05) is 25.2 Å². The Labute approximate surface area is 393 Å². The van der Waals surface area contributed by atoms with E-state index in [0.29, 0.717) is 61.5 Å². The molecule has 7 aliphatic heterocycles. The number of hydrogen-bond acceptors (Lipinski definition) is 14. The molecule has 1 aliphatic carbocycles. The SMILES string of the molecule is CCC(C)[C@H]1OC2(CC[C@@H]1C)CC1CC(C/C=C(\C)[C@@H](O[C@H]3C[C@H](OC)[C@@H](O[C@H]4C[C@H](OC)[C@H](N5CCCC5)[C@H](C)O4)[C@H](C)O3)[C@@H](C)/C=C/C=C3\COC4[C@H](O)C(C)=C[C@@H](C(=O)O1)[C@]34O)O2. The van der Waals surface area contributed by atoms with Gasteiger partial charge in [-0.05, 0) is 95.0 Å². The first-order valence-electron chi connectivity index (χ1n) is 25.3. The van der Waals surface area contributed by atoms with Crippen molar-refractivity contribution in [2.75, 3.05) is 33.9 Å². The molecular formula is C52H81NO13. The Kier molecular flexibility index (Phi) is 16.1. The highest BCUT2D eigenvalue weighted by Gasteiger charge is 2.60. The van der Waals surface area contributed by atoms with Crippen molar-refractivity contribution in [3.05, 3.63) is 47.1 Å². The minimum absolute atomic E-state index is 0.00148. The van der Waals surface area contributed by atoms with Crippen molar-refractivity contribution in [2.45, 2.75) is 217 Å². The van der Waals surface area contributed by atoms with E-state index < -0.39 is 66.4 Å². The molecule has 66 heavy (non-hydrogen) atoms. The summed E-state index contributed by atoms with van der Waals surface area (Å²) in [5.74, 6) is -2.03. The topological polar surface area (TPSA) is 153 Å². The maximum Gasteiger partial charge on any atom is 0.316 e. The molecule has 1 spiro atoms. The van der Waals surface area contributed by atoms with Crippen LogP contribution < -0.4 is 0 Å². The Morgan fingerprint density at radius 3 is 2.36 bits per heavy atom. The number of esters is 1. The summed E-state index contributed by atoms with van der Waals surface area (Å²) < 4.78 is 65.7. The standard InChI is InChI=1S/C52H81NO13/c1-11-29(2)47-32(5)19-20-51(66-47)27-38-24-37(65-51)18-17-31(4)46(30(3)15-14-16-36-28-59-49-45(54)33(6)23-39(50(55)62-38)52(36,49)56)63-43-26-41(58-10)48(35(8)61-43)64-42-25-40(57-9)44(34(7)60-42)53-21-12-13-22-53/h14-17,23,29-30,32,34-35,37-49,54,56H,11-13,18-22,24-28H2,1-10H3/b15-14+,31-17+,36-16+/t29?,30-,32-,34-,35-,37?,38?,39-,40-,41-,42-,43-,44+,45+,46-,47+,48-,49?,51?,52+/m0/s1. The van der Waals surface area contributed by atoms with Crippen LogP contribution in [0.2, 0.25) is 0 Å². The molecule has 0 aromatic heterocycles. The number of aliphatic hydroxyl groups is 2. The molecule has 6 saturated heterocycles. The zero-order valence-corrected chi connectivity index (χ0v) is 41.3. The predicted octanol–water partition coefficient (Wildman–Crippen LogP) is 6.70. The lowest BCUT2D eigenvalue weighted by Crippen LogP contribution is -2.58. The molecule has 5 unspecified atom stereocenters. The van der Waals surface area contributed by atoms with E-state index in [0.717, 1.165) is 31.5 Å². The molecule has 20 atom stereocenters. The fourth-order valence-electron chi connectivity index (χ4n) is 12.5. The van der Waals surface area contributed by atoms with Crippen LogP contribution in [-0.2, 0) is 52.2 Å². The van der Waals surface area contributed by atoms with Crippen LogP contribution in [-0.4, -0.2) is 152 Å². The number of allylic oxidation sites excluding steroid dienone is 2. The van der Waals surface area contributed by atoms with Crippen LogP contribution >= 0.6 is 0 Å². The monoisotopic (exact) mass is 928 g/mol. The van der Waals surface area contributed by atoms with Crippen LogP contribution in [0.5, 0.6) is 0 Å². The molecule has 8 aliphatic rings. The number of ether oxygens (including phenoxy) is 10. The van der Waals surface area contributed by atoms with Gasteiger partial charge in [0, 0.05) is 52.2 Å². The molecule has 7 heterocycles. The lowest BCUT2D eigenvalue weighted by atomic mass is 9.71.